The smallest absolute Gasteiger partial charge is 0.308 e. The Labute approximate surface area is 64.8 Å². The van der Waals surface area contributed by atoms with Gasteiger partial charge in [0.2, 0.25) is 0 Å². The fourth-order valence-corrected chi connectivity index (χ4v) is 1.03. The van der Waals surface area contributed by atoms with Crippen LogP contribution in [0.4, 0.5) is 0 Å². The molecule has 0 spiro atoms. The largest absolute Gasteiger partial charge is 0.469 e. The second-order valence-corrected chi connectivity index (χ2v) is 2.80. The van der Waals surface area contributed by atoms with Crippen molar-refractivity contribution < 1.29 is 14.6 Å². The van der Waals surface area contributed by atoms with Crippen molar-refractivity contribution in [1.82, 2.24) is 0 Å². The average molecular weight is 164 g/mol. The third-order valence-electron chi connectivity index (χ3n) is 0.989. The number of thioether (sulfide) groups is 1. The summed E-state index contributed by atoms with van der Waals surface area (Å²) in [5.41, 5.74) is 0. The molecule has 0 fully saturated rings. The summed E-state index contributed by atoms with van der Waals surface area (Å²) in [6.45, 7) is 0. The Hall–Kier alpha value is -0.220. The number of aliphatic hydroxyl groups excluding tert-OH is 1. The molecule has 1 unspecified atom stereocenters. The number of methoxy groups -OCH3 is 1. The van der Waals surface area contributed by atoms with Crippen molar-refractivity contribution in [2.24, 2.45) is 0 Å². The minimum absolute atomic E-state index is 0.0946. The van der Waals surface area contributed by atoms with Gasteiger partial charge in [-0.25, -0.2) is 0 Å². The molecule has 1 N–H and O–H groups in total. The van der Waals surface area contributed by atoms with Gasteiger partial charge in [0.05, 0.1) is 19.6 Å². The van der Waals surface area contributed by atoms with Gasteiger partial charge in [0, 0.05) is 5.75 Å². The minimum atomic E-state index is -0.567. The van der Waals surface area contributed by atoms with E-state index >= 15 is 0 Å². The Balaban J connectivity index is 3.37. The van der Waals surface area contributed by atoms with E-state index < -0.39 is 6.10 Å². The monoisotopic (exact) mass is 164 g/mol. The molecule has 3 nitrogen and oxygen atoms in total. The normalized spacial score (nSPS) is 12.7. The molecule has 0 bridgehead atoms. The molecule has 0 aliphatic heterocycles. The van der Waals surface area contributed by atoms with Gasteiger partial charge in [0.15, 0.2) is 0 Å². The molecule has 0 amide bonds. The van der Waals surface area contributed by atoms with Gasteiger partial charge < -0.3 is 9.84 Å². The van der Waals surface area contributed by atoms with Crippen LogP contribution in [0.25, 0.3) is 0 Å². The summed E-state index contributed by atoms with van der Waals surface area (Å²) < 4.78 is 4.36. The zero-order chi connectivity index (χ0) is 7.98. The van der Waals surface area contributed by atoms with Gasteiger partial charge in [-0.2, -0.15) is 11.8 Å². The fourth-order valence-electron chi connectivity index (χ4n) is 0.527. The summed E-state index contributed by atoms with van der Waals surface area (Å²) in [7, 11) is 1.31. The Morgan fingerprint density at radius 2 is 2.40 bits per heavy atom. The highest BCUT2D eigenvalue weighted by molar-refractivity contribution is 7.98. The maximum absolute atomic E-state index is 10.5. The average Bonchev–Trinajstić information content (AvgIpc) is 1.88. The summed E-state index contributed by atoms with van der Waals surface area (Å²) in [5, 5.41) is 9.03. The number of hydrogen-bond donors (Lipinski definition) is 1. The van der Waals surface area contributed by atoms with Crippen LogP contribution in [-0.4, -0.2) is 36.3 Å². The van der Waals surface area contributed by atoms with Crippen LogP contribution in [0.15, 0.2) is 0 Å². The lowest BCUT2D eigenvalue weighted by atomic mass is 10.3. The van der Waals surface area contributed by atoms with E-state index in [1.807, 2.05) is 6.26 Å². The number of ether oxygens (including phenoxy) is 1. The molecule has 1 atom stereocenters. The van der Waals surface area contributed by atoms with E-state index in [0.717, 1.165) is 0 Å². The van der Waals surface area contributed by atoms with Gasteiger partial charge in [0.25, 0.3) is 0 Å². The molecular weight excluding hydrogens is 152 g/mol. The van der Waals surface area contributed by atoms with Crippen molar-refractivity contribution in [3.05, 3.63) is 0 Å². The Morgan fingerprint density at radius 3 is 2.80 bits per heavy atom. The van der Waals surface area contributed by atoms with Crippen LogP contribution in [0, 0.1) is 0 Å². The van der Waals surface area contributed by atoms with E-state index in [1.54, 1.807) is 0 Å². The molecule has 0 aromatic rings. The van der Waals surface area contributed by atoms with Crippen molar-refractivity contribution in [2.45, 2.75) is 12.5 Å². The van der Waals surface area contributed by atoms with Gasteiger partial charge in [-0.1, -0.05) is 0 Å². The molecule has 0 aliphatic rings. The molecule has 0 saturated carbocycles. The quantitative estimate of drug-likeness (QED) is 0.606. The third-order valence-corrected chi connectivity index (χ3v) is 1.71. The van der Waals surface area contributed by atoms with E-state index in [0.29, 0.717) is 5.75 Å². The van der Waals surface area contributed by atoms with Crippen LogP contribution in [0.3, 0.4) is 0 Å². The molecule has 0 heterocycles. The second-order valence-electron chi connectivity index (χ2n) is 1.89. The number of carbonyl (C=O) groups is 1. The van der Waals surface area contributed by atoms with Gasteiger partial charge in [-0.05, 0) is 6.26 Å². The summed E-state index contributed by atoms with van der Waals surface area (Å²) in [4.78, 5) is 10.5. The molecule has 4 heteroatoms. The molecular formula is C6H12O3S. The number of aliphatic hydroxyl groups is 1. The highest BCUT2D eigenvalue weighted by atomic mass is 32.2. The topological polar surface area (TPSA) is 46.5 Å². The van der Waals surface area contributed by atoms with E-state index in [1.165, 1.54) is 18.9 Å². The highest BCUT2D eigenvalue weighted by Crippen LogP contribution is 2.01. The van der Waals surface area contributed by atoms with Crippen LogP contribution in [-0.2, 0) is 9.53 Å². The molecule has 0 aromatic heterocycles. The third kappa shape index (κ3) is 4.64. The lowest BCUT2D eigenvalue weighted by Gasteiger charge is -2.05. The first kappa shape index (κ1) is 9.78. The van der Waals surface area contributed by atoms with Crippen molar-refractivity contribution in [2.75, 3.05) is 19.1 Å². The van der Waals surface area contributed by atoms with Crippen LogP contribution in [0.2, 0.25) is 0 Å². The number of rotatable bonds is 4. The maximum Gasteiger partial charge on any atom is 0.308 e. The number of hydrogen-bond acceptors (Lipinski definition) is 4. The van der Waals surface area contributed by atoms with Crippen molar-refractivity contribution in [3.63, 3.8) is 0 Å². The van der Waals surface area contributed by atoms with E-state index in [-0.39, 0.29) is 12.4 Å². The second kappa shape index (κ2) is 5.56. The van der Waals surface area contributed by atoms with Crippen molar-refractivity contribution in [1.29, 1.82) is 0 Å². The molecule has 0 aliphatic carbocycles. The molecule has 0 saturated heterocycles. The Morgan fingerprint density at radius 1 is 1.80 bits per heavy atom. The first-order valence-corrected chi connectivity index (χ1v) is 4.34. The standard InChI is InChI=1S/C6H12O3S/c1-9-6(8)3-5(7)4-10-2/h5,7H,3-4H2,1-2H3. The lowest BCUT2D eigenvalue weighted by Crippen LogP contribution is -2.16. The minimum Gasteiger partial charge on any atom is -0.469 e. The summed E-state index contributed by atoms with van der Waals surface area (Å²) in [6.07, 6.45) is 1.40. The lowest BCUT2D eigenvalue weighted by molar-refractivity contribution is -0.142. The first-order chi connectivity index (χ1) is 4.70. The molecule has 0 radical (unpaired) electrons. The summed E-state index contributed by atoms with van der Waals surface area (Å²) in [5.74, 6) is 0.219. The van der Waals surface area contributed by atoms with Gasteiger partial charge >= 0.3 is 5.97 Å². The highest BCUT2D eigenvalue weighted by Gasteiger charge is 2.08. The SMILES string of the molecule is COC(=O)CC(O)CSC. The fraction of sp³-hybridized carbons (Fsp3) is 0.833. The van der Waals surface area contributed by atoms with Crippen LogP contribution in [0.5, 0.6) is 0 Å². The molecule has 0 rings (SSSR count). The van der Waals surface area contributed by atoms with Crippen LogP contribution in [0.1, 0.15) is 6.42 Å². The van der Waals surface area contributed by atoms with Gasteiger partial charge in [-0.15, -0.1) is 0 Å². The van der Waals surface area contributed by atoms with Crippen molar-refractivity contribution >= 4 is 17.7 Å². The van der Waals surface area contributed by atoms with E-state index in [2.05, 4.69) is 4.74 Å². The van der Waals surface area contributed by atoms with Gasteiger partial charge in [0.1, 0.15) is 0 Å². The van der Waals surface area contributed by atoms with E-state index in [4.69, 9.17) is 5.11 Å². The predicted molar refractivity (Wildman–Crippen MR) is 41.0 cm³/mol. The summed E-state index contributed by atoms with van der Waals surface area (Å²) >= 11 is 1.50. The number of carbonyl (C=O) groups excluding carboxylic acids is 1. The summed E-state index contributed by atoms with van der Waals surface area (Å²) in [6, 6.07) is 0. The molecule has 60 valence electrons. The van der Waals surface area contributed by atoms with Crippen LogP contribution >= 0.6 is 11.8 Å². The van der Waals surface area contributed by atoms with E-state index in [9.17, 15) is 4.79 Å². The van der Waals surface area contributed by atoms with Gasteiger partial charge in [-0.3, -0.25) is 4.79 Å². The maximum atomic E-state index is 10.5. The zero-order valence-electron chi connectivity index (χ0n) is 6.16. The Bertz CT molecular complexity index is 105. The van der Waals surface area contributed by atoms with Crippen molar-refractivity contribution in [3.8, 4) is 0 Å². The van der Waals surface area contributed by atoms with Crippen LogP contribution < -0.4 is 0 Å². The zero-order valence-corrected chi connectivity index (χ0v) is 6.98. The molecule has 10 heavy (non-hydrogen) atoms. The molecule has 0 aromatic carbocycles. The Kier molecular flexibility index (Phi) is 5.43. The first-order valence-electron chi connectivity index (χ1n) is 2.94. The number of esters is 1. The predicted octanol–water partition coefficient (Wildman–Crippen LogP) is 0.273.